The summed E-state index contributed by atoms with van der Waals surface area (Å²) in [4.78, 5) is 42.7. The van der Waals surface area contributed by atoms with Crippen molar-refractivity contribution in [3.05, 3.63) is 47.5 Å². The lowest BCUT2D eigenvalue weighted by Crippen LogP contribution is -2.22. The number of nitrogens with one attached hydrogen (secondary N) is 2. The van der Waals surface area contributed by atoms with Gasteiger partial charge in [0, 0.05) is 12.3 Å². The standard InChI is InChI=1S/C17H13F3N6O4S/c1-9(27)23-16-25-12(6-31-16)15(29)30-5-14(28)24-11-4-10(17(18,19)20)2-3-13(11)26-8-21-7-22-26/h2-4,6-8H,5H2,1H3,(H,24,28)(H,23,25,27). The minimum Gasteiger partial charge on any atom is -0.451 e. The van der Waals surface area contributed by atoms with E-state index in [0.29, 0.717) is 0 Å². The van der Waals surface area contributed by atoms with Crippen LogP contribution in [0, 0.1) is 0 Å². The Bertz CT molecular complexity index is 1110. The lowest BCUT2D eigenvalue weighted by molar-refractivity contribution is -0.137. The molecule has 14 heteroatoms. The number of alkyl halides is 3. The van der Waals surface area contributed by atoms with Crippen molar-refractivity contribution in [1.29, 1.82) is 0 Å². The number of esters is 1. The van der Waals surface area contributed by atoms with E-state index in [1.54, 1.807) is 0 Å². The number of anilines is 2. The summed E-state index contributed by atoms with van der Waals surface area (Å²) >= 11 is 0.981. The Kier molecular flexibility index (Phi) is 6.29. The van der Waals surface area contributed by atoms with Gasteiger partial charge in [0.2, 0.25) is 5.91 Å². The third kappa shape index (κ3) is 5.63. The summed E-state index contributed by atoms with van der Waals surface area (Å²) in [5.41, 5.74) is -1.20. The number of hydrogen-bond donors (Lipinski definition) is 2. The predicted molar refractivity (Wildman–Crippen MR) is 102 cm³/mol. The number of aromatic nitrogens is 4. The molecule has 162 valence electrons. The van der Waals surface area contributed by atoms with Crippen LogP contribution in [-0.2, 0) is 20.5 Å². The fourth-order valence-corrected chi connectivity index (χ4v) is 3.04. The Morgan fingerprint density at radius 1 is 1.23 bits per heavy atom. The highest BCUT2D eigenvalue weighted by Crippen LogP contribution is 2.33. The molecular formula is C17H13F3N6O4S. The largest absolute Gasteiger partial charge is 0.451 e. The van der Waals surface area contributed by atoms with Gasteiger partial charge < -0.3 is 15.4 Å². The van der Waals surface area contributed by atoms with Crippen LogP contribution in [0.25, 0.3) is 5.69 Å². The highest BCUT2D eigenvalue weighted by Gasteiger charge is 2.31. The molecule has 0 bridgehead atoms. The molecule has 0 radical (unpaired) electrons. The number of halogens is 3. The zero-order chi connectivity index (χ0) is 22.6. The molecule has 2 amide bonds. The van der Waals surface area contributed by atoms with E-state index in [-0.39, 0.29) is 28.1 Å². The van der Waals surface area contributed by atoms with Gasteiger partial charge in [-0.05, 0) is 18.2 Å². The molecule has 3 rings (SSSR count). The summed E-state index contributed by atoms with van der Waals surface area (Å²) in [6.45, 7) is 0.490. The molecule has 0 unspecified atom stereocenters. The van der Waals surface area contributed by atoms with Gasteiger partial charge in [0.05, 0.1) is 16.9 Å². The Hall–Kier alpha value is -3.81. The molecule has 0 saturated carbocycles. The monoisotopic (exact) mass is 454 g/mol. The van der Waals surface area contributed by atoms with Crippen LogP contribution in [0.2, 0.25) is 0 Å². The third-order valence-electron chi connectivity index (χ3n) is 3.59. The van der Waals surface area contributed by atoms with Crippen LogP contribution in [0.1, 0.15) is 23.0 Å². The highest BCUT2D eigenvalue weighted by molar-refractivity contribution is 7.14. The first-order chi connectivity index (χ1) is 14.6. The van der Waals surface area contributed by atoms with Crippen molar-refractivity contribution in [2.75, 3.05) is 17.2 Å². The van der Waals surface area contributed by atoms with Crippen LogP contribution in [0.3, 0.4) is 0 Å². The number of hydrogen-bond acceptors (Lipinski definition) is 8. The first-order valence-corrected chi connectivity index (χ1v) is 9.28. The Morgan fingerprint density at radius 2 is 2.00 bits per heavy atom. The lowest BCUT2D eigenvalue weighted by Gasteiger charge is -2.14. The molecule has 0 fully saturated rings. The maximum Gasteiger partial charge on any atom is 0.416 e. The average Bonchev–Trinajstić information content (AvgIpc) is 3.37. The number of rotatable bonds is 6. The highest BCUT2D eigenvalue weighted by atomic mass is 32.1. The maximum atomic E-state index is 13.1. The van der Waals surface area contributed by atoms with Crippen molar-refractivity contribution < 1.29 is 32.3 Å². The second-order valence-electron chi connectivity index (χ2n) is 5.91. The maximum absolute atomic E-state index is 13.1. The molecule has 2 N–H and O–H groups in total. The SMILES string of the molecule is CC(=O)Nc1nc(C(=O)OCC(=O)Nc2cc(C(F)(F)F)ccc2-n2cncn2)cs1. The number of ether oxygens (including phenoxy) is 1. The van der Waals surface area contributed by atoms with Crippen LogP contribution in [0.4, 0.5) is 24.0 Å². The molecule has 0 spiro atoms. The lowest BCUT2D eigenvalue weighted by atomic mass is 10.1. The minimum atomic E-state index is -4.64. The van der Waals surface area contributed by atoms with Gasteiger partial charge in [-0.1, -0.05) is 0 Å². The molecule has 10 nitrogen and oxygen atoms in total. The minimum absolute atomic E-state index is 0.129. The summed E-state index contributed by atoms with van der Waals surface area (Å²) in [5, 5.41) is 9.99. The molecule has 0 aliphatic heterocycles. The van der Waals surface area contributed by atoms with Gasteiger partial charge in [0.15, 0.2) is 17.4 Å². The fraction of sp³-hybridized carbons (Fsp3) is 0.176. The zero-order valence-corrected chi connectivity index (χ0v) is 16.5. The molecule has 0 atom stereocenters. The van der Waals surface area contributed by atoms with E-state index in [9.17, 15) is 27.6 Å². The molecule has 2 aromatic heterocycles. The quantitative estimate of drug-likeness (QED) is 0.548. The van der Waals surface area contributed by atoms with Gasteiger partial charge in [-0.2, -0.15) is 18.3 Å². The normalized spacial score (nSPS) is 11.1. The summed E-state index contributed by atoms with van der Waals surface area (Å²) < 4.78 is 45.2. The van der Waals surface area contributed by atoms with Crippen molar-refractivity contribution in [3.63, 3.8) is 0 Å². The number of thiazole rings is 1. The Morgan fingerprint density at radius 3 is 2.65 bits per heavy atom. The van der Waals surface area contributed by atoms with E-state index in [1.165, 1.54) is 29.6 Å². The van der Waals surface area contributed by atoms with Crippen molar-refractivity contribution in [2.45, 2.75) is 13.1 Å². The van der Waals surface area contributed by atoms with E-state index in [4.69, 9.17) is 4.74 Å². The third-order valence-corrected chi connectivity index (χ3v) is 4.35. The number of nitrogens with zero attached hydrogens (tertiary/aromatic N) is 4. The van der Waals surface area contributed by atoms with Crippen LogP contribution in [0.15, 0.2) is 36.2 Å². The van der Waals surface area contributed by atoms with Gasteiger partial charge in [-0.15, -0.1) is 11.3 Å². The molecule has 3 aromatic rings. The predicted octanol–water partition coefficient (Wildman–Crippen LogP) is 2.50. The van der Waals surface area contributed by atoms with Crippen molar-refractivity contribution in [1.82, 2.24) is 19.7 Å². The molecule has 2 heterocycles. The average molecular weight is 454 g/mol. The number of benzene rings is 1. The Balaban J connectivity index is 1.70. The van der Waals surface area contributed by atoms with Crippen LogP contribution < -0.4 is 10.6 Å². The van der Waals surface area contributed by atoms with Crippen LogP contribution in [-0.4, -0.2) is 44.1 Å². The van der Waals surface area contributed by atoms with Gasteiger partial charge in [0.1, 0.15) is 12.7 Å². The van der Waals surface area contributed by atoms with E-state index in [2.05, 4.69) is 25.7 Å². The fourth-order valence-electron chi connectivity index (χ4n) is 2.31. The van der Waals surface area contributed by atoms with Crippen molar-refractivity contribution >= 4 is 39.9 Å². The molecule has 0 aliphatic carbocycles. The first kappa shape index (κ1) is 21.9. The van der Waals surface area contributed by atoms with Crippen LogP contribution in [0.5, 0.6) is 0 Å². The number of carbonyl (C=O) groups excluding carboxylic acids is 3. The van der Waals surface area contributed by atoms with Gasteiger partial charge in [-0.3, -0.25) is 9.59 Å². The second-order valence-corrected chi connectivity index (χ2v) is 6.77. The molecular weight excluding hydrogens is 441 g/mol. The topological polar surface area (TPSA) is 128 Å². The van der Waals surface area contributed by atoms with Crippen molar-refractivity contribution in [2.24, 2.45) is 0 Å². The van der Waals surface area contributed by atoms with Gasteiger partial charge in [0.25, 0.3) is 5.91 Å². The molecule has 0 aliphatic rings. The second kappa shape index (κ2) is 8.91. The van der Waals surface area contributed by atoms with Crippen LogP contribution >= 0.6 is 11.3 Å². The van der Waals surface area contributed by atoms with Gasteiger partial charge in [-0.25, -0.2) is 19.4 Å². The van der Waals surface area contributed by atoms with E-state index < -0.39 is 30.2 Å². The number of amides is 2. The number of carbonyl (C=O) groups is 3. The van der Waals surface area contributed by atoms with E-state index >= 15 is 0 Å². The summed E-state index contributed by atoms with van der Waals surface area (Å²) in [7, 11) is 0. The molecule has 0 saturated heterocycles. The van der Waals surface area contributed by atoms with E-state index in [1.807, 2.05) is 0 Å². The molecule has 31 heavy (non-hydrogen) atoms. The summed E-state index contributed by atoms with van der Waals surface area (Å²) in [5.74, 6) is -2.20. The zero-order valence-electron chi connectivity index (χ0n) is 15.6. The van der Waals surface area contributed by atoms with E-state index in [0.717, 1.165) is 29.5 Å². The smallest absolute Gasteiger partial charge is 0.416 e. The van der Waals surface area contributed by atoms with Crippen molar-refractivity contribution in [3.8, 4) is 5.69 Å². The summed E-state index contributed by atoms with van der Waals surface area (Å²) in [6, 6.07) is 2.69. The molecule has 1 aromatic carbocycles. The first-order valence-electron chi connectivity index (χ1n) is 8.40. The van der Waals surface area contributed by atoms with Gasteiger partial charge >= 0.3 is 12.1 Å². The summed E-state index contributed by atoms with van der Waals surface area (Å²) in [6.07, 6.45) is -2.22. The Labute approximate surface area is 176 Å².